The molecule has 282 valence electrons. The second-order valence-corrected chi connectivity index (χ2v) is 15.6. The van der Waals surface area contributed by atoms with Gasteiger partial charge in [0.2, 0.25) is 0 Å². The smallest absolute Gasteiger partial charge is 0.0714 e. The number of fused-ring (bicyclic) bond motifs is 4. The Hall–Kier alpha value is -7.74. The molecule has 0 radical (unpaired) electrons. The largest absolute Gasteiger partial charge is 0.309 e. The number of nitrogens with zero attached hydrogens (tertiary/aromatic N) is 1. The van der Waals surface area contributed by atoms with Crippen molar-refractivity contribution in [2.75, 3.05) is 4.90 Å². The van der Waals surface area contributed by atoms with Crippen LogP contribution in [-0.2, 0) is 5.41 Å². The lowest BCUT2D eigenvalue weighted by Gasteiger charge is -2.34. The maximum Gasteiger partial charge on any atom is 0.0714 e. The molecule has 0 aliphatic heterocycles. The molecule has 0 atom stereocenters. The van der Waals surface area contributed by atoms with Crippen molar-refractivity contribution in [1.29, 1.82) is 0 Å². The molecule has 0 saturated carbocycles. The Kier molecular flexibility index (Phi) is 8.79. The topological polar surface area (TPSA) is 3.24 Å². The molecule has 0 unspecified atom stereocenters. The SMILES string of the molecule is c1ccc(-c2ccccc2-c2ccccc2N(c2cccc(-c3cccc4ccccc34)c2)c2cccc3c2-c2ccccc2C3(c2ccccc2)c2ccccc2)cc1. The molecule has 1 heteroatoms. The van der Waals surface area contributed by atoms with Crippen LogP contribution in [0.15, 0.2) is 249 Å². The van der Waals surface area contributed by atoms with Gasteiger partial charge in [-0.25, -0.2) is 0 Å². The standard InChI is InChI=1S/C59H41N/c1-4-21-42(22-5-1)49-32-12-13-33-51(49)52-34-15-17-39-56(52)60(47-30-18-25-44(41-47)50-36-19-24-43-23-10-11-31-48(43)50)57-40-20-38-55-58(57)53-35-14-16-37-54(53)59(55,45-26-6-2-7-27-45)46-28-8-3-9-29-46/h1-41H. The normalized spacial score (nSPS) is 12.5. The van der Waals surface area contributed by atoms with Gasteiger partial charge in [-0.2, -0.15) is 0 Å². The lowest BCUT2D eigenvalue weighted by atomic mass is 9.68. The minimum atomic E-state index is -0.527. The maximum absolute atomic E-state index is 2.52. The van der Waals surface area contributed by atoms with Crippen molar-refractivity contribution in [2.24, 2.45) is 0 Å². The van der Waals surface area contributed by atoms with Gasteiger partial charge in [0.15, 0.2) is 0 Å². The van der Waals surface area contributed by atoms with Gasteiger partial charge >= 0.3 is 0 Å². The molecular formula is C59H41N. The first-order chi connectivity index (χ1) is 29.8. The molecule has 60 heavy (non-hydrogen) atoms. The van der Waals surface area contributed by atoms with Crippen molar-refractivity contribution < 1.29 is 0 Å². The first-order valence-corrected chi connectivity index (χ1v) is 20.8. The van der Waals surface area contributed by atoms with Gasteiger partial charge in [-0.05, 0) is 90.7 Å². The van der Waals surface area contributed by atoms with E-state index < -0.39 is 5.41 Å². The monoisotopic (exact) mass is 763 g/mol. The van der Waals surface area contributed by atoms with Gasteiger partial charge in [0.1, 0.15) is 0 Å². The third-order valence-corrected chi connectivity index (χ3v) is 12.4. The maximum atomic E-state index is 2.52. The van der Waals surface area contributed by atoms with Crippen molar-refractivity contribution >= 4 is 27.8 Å². The van der Waals surface area contributed by atoms with E-state index in [0.29, 0.717) is 0 Å². The fourth-order valence-corrected chi connectivity index (χ4v) is 9.84. The molecule has 0 N–H and O–H groups in total. The van der Waals surface area contributed by atoms with Crippen LogP contribution in [0.2, 0.25) is 0 Å². The number of para-hydroxylation sites is 1. The van der Waals surface area contributed by atoms with E-state index >= 15 is 0 Å². The van der Waals surface area contributed by atoms with Crippen molar-refractivity contribution in [3.63, 3.8) is 0 Å². The molecule has 10 aromatic rings. The van der Waals surface area contributed by atoms with E-state index in [1.807, 2.05) is 0 Å². The van der Waals surface area contributed by atoms with Gasteiger partial charge in [0.05, 0.1) is 16.8 Å². The number of hydrogen-bond donors (Lipinski definition) is 0. The van der Waals surface area contributed by atoms with Crippen LogP contribution >= 0.6 is 0 Å². The molecule has 1 aliphatic carbocycles. The van der Waals surface area contributed by atoms with Crippen LogP contribution in [0.5, 0.6) is 0 Å². The second kappa shape index (κ2) is 14.9. The summed E-state index contributed by atoms with van der Waals surface area (Å²) in [5.74, 6) is 0. The lowest BCUT2D eigenvalue weighted by Crippen LogP contribution is -2.28. The number of rotatable bonds is 8. The van der Waals surface area contributed by atoms with Crippen molar-refractivity contribution in [3.8, 4) is 44.5 Å². The molecule has 1 aliphatic rings. The van der Waals surface area contributed by atoms with E-state index in [2.05, 4.69) is 254 Å². The Morgan fingerprint density at radius 3 is 1.57 bits per heavy atom. The van der Waals surface area contributed by atoms with Crippen molar-refractivity contribution in [2.45, 2.75) is 5.41 Å². The Morgan fingerprint density at radius 2 is 0.800 bits per heavy atom. The highest BCUT2D eigenvalue weighted by molar-refractivity contribution is 6.02. The zero-order valence-electron chi connectivity index (χ0n) is 33.1. The van der Waals surface area contributed by atoms with Crippen LogP contribution in [0.25, 0.3) is 55.3 Å². The molecule has 1 nitrogen and oxygen atoms in total. The molecule has 0 spiro atoms. The van der Waals surface area contributed by atoms with E-state index in [9.17, 15) is 0 Å². The molecule has 0 bridgehead atoms. The highest BCUT2D eigenvalue weighted by Gasteiger charge is 2.47. The van der Waals surface area contributed by atoms with Gasteiger partial charge < -0.3 is 4.90 Å². The van der Waals surface area contributed by atoms with E-state index in [1.54, 1.807) is 0 Å². The number of anilines is 3. The Bertz CT molecular complexity index is 3100. The summed E-state index contributed by atoms with van der Waals surface area (Å²) in [6.45, 7) is 0. The highest BCUT2D eigenvalue weighted by Crippen LogP contribution is 2.60. The van der Waals surface area contributed by atoms with E-state index in [4.69, 9.17) is 0 Å². The Labute approximate surface area is 352 Å². The van der Waals surface area contributed by atoms with Gasteiger partial charge in [-0.3, -0.25) is 0 Å². The minimum Gasteiger partial charge on any atom is -0.309 e. The van der Waals surface area contributed by atoms with Crippen LogP contribution in [0.3, 0.4) is 0 Å². The van der Waals surface area contributed by atoms with Gasteiger partial charge in [0.25, 0.3) is 0 Å². The van der Waals surface area contributed by atoms with Crippen LogP contribution < -0.4 is 4.90 Å². The fraction of sp³-hybridized carbons (Fsp3) is 0.0169. The zero-order chi connectivity index (χ0) is 39.9. The minimum absolute atomic E-state index is 0.527. The predicted octanol–water partition coefficient (Wildman–Crippen LogP) is 15.7. The second-order valence-electron chi connectivity index (χ2n) is 15.6. The third-order valence-electron chi connectivity index (χ3n) is 12.4. The van der Waals surface area contributed by atoms with Gasteiger partial charge in [-0.15, -0.1) is 0 Å². The molecule has 0 amide bonds. The Morgan fingerprint density at radius 1 is 0.300 bits per heavy atom. The summed E-state index contributed by atoms with van der Waals surface area (Å²) in [5.41, 5.74) is 17.5. The molecule has 0 fully saturated rings. The number of hydrogen-bond acceptors (Lipinski definition) is 1. The zero-order valence-corrected chi connectivity index (χ0v) is 33.1. The first kappa shape index (κ1) is 35.4. The average Bonchev–Trinajstić information content (AvgIpc) is 3.64. The third kappa shape index (κ3) is 5.70. The van der Waals surface area contributed by atoms with Crippen molar-refractivity contribution in [1.82, 2.24) is 0 Å². The summed E-state index contributed by atoms with van der Waals surface area (Å²) in [6.07, 6.45) is 0. The Balaban J connectivity index is 1.22. The summed E-state index contributed by atoms with van der Waals surface area (Å²) < 4.78 is 0. The molecular weight excluding hydrogens is 723 g/mol. The first-order valence-electron chi connectivity index (χ1n) is 20.8. The summed E-state index contributed by atoms with van der Waals surface area (Å²) in [5, 5.41) is 2.47. The van der Waals surface area contributed by atoms with Crippen molar-refractivity contribution in [3.05, 3.63) is 271 Å². The van der Waals surface area contributed by atoms with E-state index in [1.165, 1.54) is 72.0 Å². The van der Waals surface area contributed by atoms with Gasteiger partial charge in [-0.1, -0.05) is 224 Å². The fourth-order valence-electron chi connectivity index (χ4n) is 9.84. The number of benzene rings is 10. The van der Waals surface area contributed by atoms with Crippen LogP contribution in [-0.4, -0.2) is 0 Å². The molecule has 0 saturated heterocycles. The quantitative estimate of drug-likeness (QED) is 0.149. The molecule has 0 aromatic heterocycles. The summed E-state index contributed by atoms with van der Waals surface area (Å²) in [6, 6.07) is 91.1. The molecule has 0 heterocycles. The molecule has 10 aromatic carbocycles. The van der Waals surface area contributed by atoms with E-state index in [0.717, 1.165) is 22.6 Å². The summed E-state index contributed by atoms with van der Waals surface area (Å²) in [4.78, 5) is 2.52. The molecule has 11 rings (SSSR count). The lowest BCUT2D eigenvalue weighted by molar-refractivity contribution is 0.768. The van der Waals surface area contributed by atoms with Gasteiger partial charge in [0, 0.05) is 16.8 Å². The average molecular weight is 764 g/mol. The highest BCUT2D eigenvalue weighted by atomic mass is 15.1. The summed E-state index contributed by atoms with van der Waals surface area (Å²) >= 11 is 0. The summed E-state index contributed by atoms with van der Waals surface area (Å²) in [7, 11) is 0. The van der Waals surface area contributed by atoms with E-state index in [-0.39, 0.29) is 0 Å². The van der Waals surface area contributed by atoms with Crippen LogP contribution in [0.1, 0.15) is 22.3 Å². The van der Waals surface area contributed by atoms with Crippen LogP contribution in [0, 0.1) is 0 Å². The van der Waals surface area contributed by atoms with Crippen LogP contribution in [0.4, 0.5) is 17.1 Å². The predicted molar refractivity (Wildman–Crippen MR) is 252 cm³/mol.